The number of Topliss-reactive ketones (excluding diaryl/α,β-unsaturated/α-hetero) is 1. The van der Waals surface area contributed by atoms with E-state index in [-0.39, 0.29) is 11.9 Å². The van der Waals surface area contributed by atoms with Crippen LogP contribution in [0.5, 0.6) is 11.5 Å². The smallest absolute Gasteiger partial charge is 0.163 e. The first kappa shape index (κ1) is 26.9. The van der Waals surface area contributed by atoms with Crippen LogP contribution in [0, 0.1) is 5.92 Å². The van der Waals surface area contributed by atoms with Gasteiger partial charge in [-0.1, -0.05) is 54.6 Å². The lowest BCUT2D eigenvalue weighted by Crippen LogP contribution is -2.33. The Morgan fingerprint density at radius 1 is 0.973 bits per heavy atom. The zero-order valence-corrected chi connectivity index (χ0v) is 22.2. The molecular weight excluding hydrogens is 460 g/mol. The molecule has 37 heavy (non-hydrogen) atoms. The minimum absolute atomic E-state index is 0.107. The van der Waals surface area contributed by atoms with E-state index in [9.17, 15) is 4.79 Å². The number of likely N-dealkylation sites (tertiary alicyclic amines) is 1. The standard InChI is InChI=1S/C32H40N2O3/c1-33-20-17-32(27-12-14-29(36-2)15-13-27)37-30-10-6-9-28(23-30)31(35)16-11-25-18-21-34(22-19-25)24-26-7-4-3-5-8-26/h3-10,12-15,23,25,32-33H,11,16-22,24H2,1-2H3. The highest BCUT2D eigenvalue weighted by Gasteiger charge is 2.21. The Labute approximate surface area is 221 Å². The number of methoxy groups -OCH3 is 1. The topological polar surface area (TPSA) is 50.8 Å². The van der Waals surface area contributed by atoms with E-state index in [1.54, 1.807) is 7.11 Å². The van der Waals surface area contributed by atoms with Gasteiger partial charge in [0.25, 0.3) is 0 Å². The molecule has 1 aliphatic rings. The number of ketones is 1. The van der Waals surface area contributed by atoms with Gasteiger partial charge < -0.3 is 14.8 Å². The van der Waals surface area contributed by atoms with E-state index >= 15 is 0 Å². The number of benzene rings is 3. The largest absolute Gasteiger partial charge is 0.497 e. The van der Waals surface area contributed by atoms with Gasteiger partial charge in [-0.2, -0.15) is 0 Å². The Morgan fingerprint density at radius 3 is 2.43 bits per heavy atom. The molecule has 0 radical (unpaired) electrons. The van der Waals surface area contributed by atoms with E-state index in [4.69, 9.17) is 9.47 Å². The van der Waals surface area contributed by atoms with Gasteiger partial charge in [0.05, 0.1) is 7.11 Å². The number of carbonyl (C=O) groups excluding carboxylic acids is 1. The van der Waals surface area contributed by atoms with Crippen LogP contribution in [0.1, 0.15) is 59.7 Å². The Morgan fingerprint density at radius 2 is 1.73 bits per heavy atom. The van der Waals surface area contributed by atoms with Crippen molar-refractivity contribution in [3.63, 3.8) is 0 Å². The fourth-order valence-corrected chi connectivity index (χ4v) is 5.05. The van der Waals surface area contributed by atoms with E-state index in [1.165, 1.54) is 5.56 Å². The molecule has 1 atom stereocenters. The number of rotatable bonds is 13. The molecule has 0 aliphatic carbocycles. The van der Waals surface area contributed by atoms with Crippen LogP contribution in [0.3, 0.4) is 0 Å². The van der Waals surface area contributed by atoms with Crippen molar-refractivity contribution in [1.82, 2.24) is 10.2 Å². The van der Waals surface area contributed by atoms with Gasteiger partial charge in [0.2, 0.25) is 0 Å². The van der Waals surface area contributed by atoms with Crippen LogP contribution in [0.2, 0.25) is 0 Å². The van der Waals surface area contributed by atoms with E-state index in [2.05, 4.69) is 40.5 Å². The van der Waals surface area contributed by atoms with E-state index in [0.29, 0.717) is 12.3 Å². The maximum Gasteiger partial charge on any atom is 0.163 e. The number of piperidine rings is 1. The van der Waals surface area contributed by atoms with Gasteiger partial charge in [-0.3, -0.25) is 9.69 Å². The third kappa shape index (κ3) is 8.17. The normalized spacial score (nSPS) is 15.3. The van der Waals surface area contributed by atoms with Gasteiger partial charge in [-0.05, 0) is 87.3 Å². The second kappa shape index (κ2) is 14.0. The van der Waals surface area contributed by atoms with E-state index < -0.39 is 0 Å². The maximum atomic E-state index is 13.1. The van der Waals surface area contributed by atoms with Gasteiger partial charge in [0, 0.05) is 24.9 Å². The molecular formula is C32H40N2O3. The summed E-state index contributed by atoms with van der Waals surface area (Å²) in [5.41, 5.74) is 3.20. The summed E-state index contributed by atoms with van der Waals surface area (Å²) in [5, 5.41) is 3.21. The Bertz CT molecular complexity index is 1090. The van der Waals surface area contributed by atoms with Crippen molar-refractivity contribution < 1.29 is 14.3 Å². The maximum absolute atomic E-state index is 13.1. The van der Waals surface area contributed by atoms with Crippen molar-refractivity contribution in [3.8, 4) is 11.5 Å². The molecule has 1 aliphatic heterocycles. The molecule has 5 nitrogen and oxygen atoms in total. The molecule has 0 saturated carbocycles. The summed E-state index contributed by atoms with van der Waals surface area (Å²) in [6.45, 7) is 4.07. The fourth-order valence-electron chi connectivity index (χ4n) is 5.05. The predicted octanol–water partition coefficient (Wildman–Crippen LogP) is 6.30. The lowest BCUT2D eigenvalue weighted by molar-refractivity contribution is 0.0960. The number of nitrogens with one attached hydrogen (secondary N) is 1. The zero-order chi connectivity index (χ0) is 25.9. The molecule has 3 aromatic rings. The zero-order valence-electron chi connectivity index (χ0n) is 22.2. The molecule has 0 amide bonds. The summed E-state index contributed by atoms with van der Waals surface area (Å²) in [5.74, 6) is 2.38. The molecule has 0 bridgehead atoms. The number of nitrogens with zero attached hydrogens (tertiary/aromatic N) is 1. The number of ether oxygens (including phenoxy) is 2. The first-order valence-electron chi connectivity index (χ1n) is 13.5. The first-order valence-corrected chi connectivity index (χ1v) is 13.5. The van der Waals surface area contributed by atoms with Crippen molar-refractivity contribution in [2.45, 2.75) is 44.8 Å². The fraction of sp³-hybridized carbons (Fsp3) is 0.406. The first-order chi connectivity index (χ1) is 18.1. The molecule has 1 saturated heterocycles. The summed E-state index contributed by atoms with van der Waals surface area (Å²) in [7, 11) is 3.61. The van der Waals surface area contributed by atoms with E-state index in [0.717, 1.165) is 74.5 Å². The van der Waals surface area contributed by atoms with Gasteiger partial charge in [-0.15, -0.1) is 0 Å². The molecule has 3 aromatic carbocycles. The average molecular weight is 501 g/mol. The molecule has 5 heteroatoms. The minimum Gasteiger partial charge on any atom is -0.497 e. The van der Waals surface area contributed by atoms with Crippen LogP contribution >= 0.6 is 0 Å². The molecule has 1 fully saturated rings. The highest BCUT2D eigenvalue weighted by molar-refractivity contribution is 5.96. The number of hydrogen-bond acceptors (Lipinski definition) is 5. The van der Waals surface area contributed by atoms with Gasteiger partial charge in [0.1, 0.15) is 17.6 Å². The minimum atomic E-state index is -0.107. The van der Waals surface area contributed by atoms with Crippen molar-refractivity contribution in [1.29, 1.82) is 0 Å². The van der Waals surface area contributed by atoms with Gasteiger partial charge >= 0.3 is 0 Å². The molecule has 1 unspecified atom stereocenters. The molecule has 0 aromatic heterocycles. The van der Waals surface area contributed by atoms with Crippen LogP contribution < -0.4 is 14.8 Å². The van der Waals surface area contributed by atoms with Gasteiger partial charge in [-0.25, -0.2) is 0 Å². The predicted molar refractivity (Wildman–Crippen MR) is 149 cm³/mol. The van der Waals surface area contributed by atoms with E-state index in [1.807, 2.05) is 55.6 Å². The Balaban J connectivity index is 1.28. The lowest BCUT2D eigenvalue weighted by Gasteiger charge is -2.32. The van der Waals surface area contributed by atoms with Crippen LogP contribution in [-0.2, 0) is 6.54 Å². The summed E-state index contributed by atoms with van der Waals surface area (Å²) in [4.78, 5) is 15.6. The summed E-state index contributed by atoms with van der Waals surface area (Å²) >= 11 is 0. The van der Waals surface area contributed by atoms with Crippen molar-refractivity contribution in [2.24, 2.45) is 5.92 Å². The Hall–Kier alpha value is -3.15. The van der Waals surface area contributed by atoms with Crippen molar-refractivity contribution >= 4 is 5.78 Å². The molecule has 1 N–H and O–H groups in total. The highest BCUT2D eigenvalue weighted by atomic mass is 16.5. The molecule has 4 rings (SSSR count). The van der Waals surface area contributed by atoms with Crippen LogP contribution in [0.15, 0.2) is 78.9 Å². The van der Waals surface area contributed by atoms with Crippen molar-refractivity contribution in [3.05, 3.63) is 95.6 Å². The van der Waals surface area contributed by atoms with Gasteiger partial charge in [0.15, 0.2) is 5.78 Å². The monoisotopic (exact) mass is 500 g/mol. The van der Waals surface area contributed by atoms with Crippen LogP contribution in [-0.4, -0.2) is 44.5 Å². The number of carbonyl (C=O) groups is 1. The quantitative estimate of drug-likeness (QED) is 0.279. The highest BCUT2D eigenvalue weighted by Crippen LogP contribution is 2.28. The molecule has 0 spiro atoms. The average Bonchev–Trinajstić information content (AvgIpc) is 2.95. The van der Waals surface area contributed by atoms with Crippen LogP contribution in [0.25, 0.3) is 0 Å². The second-order valence-corrected chi connectivity index (χ2v) is 9.97. The Kier molecular flexibility index (Phi) is 10.2. The molecule has 196 valence electrons. The third-order valence-corrected chi connectivity index (χ3v) is 7.31. The lowest BCUT2D eigenvalue weighted by atomic mass is 9.90. The van der Waals surface area contributed by atoms with Crippen LogP contribution in [0.4, 0.5) is 0 Å². The summed E-state index contributed by atoms with van der Waals surface area (Å²) in [6, 6.07) is 26.3. The molecule has 1 heterocycles. The summed E-state index contributed by atoms with van der Waals surface area (Å²) < 4.78 is 11.7. The second-order valence-electron chi connectivity index (χ2n) is 9.97. The SMILES string of the molecule is CNCCC(Oc1cccc(C(=O)CCC2CCN(Cc3ccccc3)CC2)c1)c1ccc(OC)cc1. The third-order valence-electron chi connectivity index (χ3n) is 7.31. The summed E-state index contributed by atoms with van der Waals surface area (Å²) in [6.07, 6.45) is 4.60. The number of hydrogen-bond donors (Lipinski definition) is 1. The van der Waals surface area contributed by atoms with Crippen molar-refractivity contribution in [2.75, 3.05) is 33.8 Å².